The van der Waals surface area contributed by atoms with Crippen LogP contribution in [0, 0.1) is 0 Å². The van der Waals surface area contributed by atoms with Gasteiger partial charge in [-0.05, 0) is 43.3 Å². The Kier molecular flexibility index (Phi) is 8.01. The first kappa shape index (κ1) is 24.2. The summed E-state index contributed by atoms with van der Waals surface area (Å²) in [6.07, 6.45) is 0. The third-order valence-electron chi connectivity index (χ3n) is 4.83. The molecule has 0 saturated heterocycles. The molecule has 3 rings (SSSR count). The van der Waals surface area contributed by atoms with Gasteiger partial charge in [0.15, 0.2) is 0 Å². The van der Waals surface area contributed by atoms with Crippen LogP contribution in [0.2, 0.25) is 0 Å². The first-order chi connectivity index (χ1) is 15.7. The molecular formula is C26H29N3O3S. The predicted molar refractivity (Wildman–Crippen MR) is 131 cm³/mol. The van der Waals surface area contributed by atoms with Gasteiger partial charge in [0.2, 0.25) is 11.8 Å². The lowest BCUT2D eigenvalue weighted by Crippen LogP contribution is -2.50. The van der Waals surface area contributed by atoms with E-state index in [1.807, 2.05) is 81.4 Å². The van der Waals surface area contributed by atoms with Gasteiger partial charge in [-0.15, -0.1) is 11.3 Å². The fraction of sp³-hybridized carbons (Fsp3) is 0.269. The quantitative estimate of drug-likeness (QED) is 0.526. The normalized spacial score (nSPS) is 12.0. The molecule has 2 aromatic carbocycles. The van der Waals surface area contributed by atoms with Gasteiger partial charge < -0.3 is 15.5 Å². The van der Waals surface area contributed by atoms with Crippen molar-refractivity contribution in [2.24, 2.45) is 0 Å². The summed E-state index contributed by atoms with van der Waals surface area (Å²) in [5, 5.41) is 7.51. The number of carbonyl (C=O) groups is 3. The number of carbonyl (C=O) groups excluding carboxylic acids is 3. The molecule has 0 radical (unpaired) electrons. The fourth-order valence-electron chi connectivity index (χ4n) is 3.40. The van der Waals surface area contributed by atoms with Gasteiger partial charge in [0.05, 0.1) is 11.4 Å². The van der Waals surface area contributed by atoms with Crippen molar-refractivity contribution in [1.82, 2.24) is 15.5 Å². The van der Waals surface area contributed by atoms with Gasteiger partial charge in [-0.3, -0.25) is 14.4 Å². The maximum atomic E-state index is 13.4. The summed E-state index contributed by atoms with van der Waals surface area (Å²) in [5.74, 6) is -0.933. The van der Waals surface area contributed by atoms with Crippen molar-refractivity contribution in [3.8, 4) is 0 Å². The van der Waals surface area contributed by atoms with E-state index in [-0.39, 0.29) is 30.8 Å². The van der Waals surface area contributed by atoms with E-state index >= 15 is 0 Å². The summed E-state index contributed by atoms with van der Waals surface area (Å²) < 4.78 is 0. The second kappa shape index (κ2) is 10.9. The minimum atomic E-state index is -0.850. The molecule has 1 atom stereocenters. The standard InChI is InChI=1S/C26H29N3O3S/c1-26(2,3)28-25(32)23(20-13-8-5-9-14-20)29(18-19-11-6-4-7-12-19)22(30)17-27-24(31)21-15-10-16-33-21/h4-16,23H,17-18H2,1-3H3,(H,27,31)(H,28,32)/t23-/m0/s1. The molecule has 172 valence electrons. The number of hydrogen-bond donors (Lipinski definition) is 2. The molecule has 0 aliphatic carbocycles. The first-order valence-corrected chi connectivity index (χ1v) is 11.6. The lowest BCUT2D eigenvalue weighted by molar-refractivity contribution is -0.141. The maximum Gasteiger partial charge on any atom is 0.261 e. The monoisotopic (exact) mass is 463 g/mol. The average Bonchev–Trinajstić information content (AvgIpc) is 3.32. The maximum absolute atomic E-state index is 13.4. The van der Waals surface area contributed by atoms with Crippen molar-refractivity contribution in [2.45, 2.75) is 38.9 Å². The van der Waals surface area contributed by atoms with E-state index in [2.05, 4.69) is 10.6 Å². The Morgan fingerprint density at radius 1 is 0.909 bits per heavy atom. The molecule has 0 bridgehead atoms. The van der Waals surface area contributed by atoms with Crippen molar-refractivity contribution in [3.05, 3.63) is 94.2 Å². The Morgan fingerprint density at radius 3 is 2.12 bits per heavy atom. The molecule has 7 heteroatoms. The number of benzene rings is 2. The highest BCUT2D eigenvalue weighted by molar-refractivity contribution is 7.12. The van der Waals surface area contributed by atoms with Crippen LogP contribution in [-0.2, 0) is 16.1 Å². The van der Waals surface area contributed by atoms with Gasteiger partial charge in [0, 0.05) is 12.1 Å². The summed E-state index contributed by atoms with van der Waals surface area (Å²) in [5.41, 5.74) is 1.12. The zero-order valence-corrected chi connectivity index (χ0v) is 19.9. The Balaban J connectivity index is 1.92. The van der Waals surface area contributed by atoms with Crippen LogP contribution >= 0.6 is 11.3 Å². The topological polar surface area (TPSA) is 78.5 Å². The Labute approximate surface area is 198 Å². The summed E-state index contributed by atoms with van der Waals surface area (Å²) in [6, 6.07) is 21.4. The number of thiophene rings is 1. The van der Waals surface area contributed by atoms with Crippen molar-refractivity contribution in [1.29, 1.82) is 0 Å². The summed E-state index contributed by atoms with van der Waals surface area (Å²) >= 11 is 1.31. The van der Waals surface area contributed by atoms with Gasteiger partial charge in [-0.25, -0.2) is 0 Å². The number of nitrogens with one attached hydrogen (secondary N) is 2. The summed E-state index contributed by atoms with van der Waals surface area (Å²) in [4.78, 5) is 41.3. The fourth-order valence-corrected chi connectivity index (χ4v) is 4.04. The lowest BCUT2D eigenvalue weighted by atomic mass is 10.0. The van der Waals surface area contributed by atoms with Gasteiger partial charge >= 0.3 is 0 Å². The highest BCUT2D eigenvalue weighted by atomic mass is 32.1. The first-order valence-electron chi connectivity index (χ1n) is 10.8. The molecule has 0 fully saturated rings. The van der Waals surface area contributed by atoms with E-state index in [1.165, 1.54) is 16.2 Å². The average molecular weight is 464 g/mol. The number of rotatable bonds is 8. The minimum Gasteiger partial charge on any atom is -0.349 e. The van der Waals surface area contributed by atoms with Crippen LogP contribution in [0.5, 0.6) is 0 Å². The molecule has 0 unspecified atom stereocenters. The molecule has 3 amide bonds. The molecule has 1 heterocycles. The second-order valence-electron chi connectivity index (χ2n) is 8.72. The van der Waals surface area contributed by atoms with Crippen LogP contribution in [0.3, 0.4) is 0 Å². The summed E-state index contributed by atoms with van der Waals surface area (Å²) in [6.45, 7) is 5.72. The molecule has 0 aliphatic rings. The third-order valence-corrected chi connectivity index (χ3v) is 5.70. The highest BCUT2D eigenvalue weighted by Gasteiger charge is 2.33. The zero-order valence-electron chi connectivity index (χ0n) is 19.1. The van der Waals surface area contributed by atoms with Crippen LogP contribution in [0.4, 0.5) is 0 Å². The second-order valence-corrected chi connectivity index (χ2v) is 9.67. The summed E-state index contributed by atoms with van der Waals surface area (Å²) in [7, 11) is 0. The van der Waals surface area contributed by atoms with Gasteiger partial charge in [-0.2, -0.15) is 0 Å². The predicted octanol–water partition coefficient (Wildman–Crippen LogP) is 4.16. The SMILES string of the molecule is CC(C)(C)NC(=O)[C@H](c1ccccc1)N(Cc1ccccc1)C(=O)CNC(=O)c1cccs1. The van der Waals surface area contributed by atoms with E-state index in [0.29, 0.717) is 10.4 Å². The third kappa shape index (κ3) is 7.02. The molecule has 0 saturated carbocycles. The van der Waals surface area contributed by atoms with Crippen molar-refractivity contribution in [2.75, 3.05) is 6.54 Å². The molecular weight excluding hydrogens is 434 g/mol. The highest BCUT2D eigenvalue weighted by Crippen LogP contribution is 2.25. The largest absolute Gasteiger partial charge is 0.349 e. The Hall–Kier alpha value is -3.45. The molecule has 0 aliphatic heterocycles. The van der Waals surface area contributed by atoms with Crippen LogP contribution in [0.25, 0.3) is 0 Å². The van der Waals surface area contributed by atoms with E-state index in [4.69, 9.17) is 0 Å². The van der Waals surface area contributed by atoms with Crippen LogP contribution in [-0.4, -0.2) is 34.7 Å². The zero-order chi connectivity index (χ0) is 23.8. The van der Waals surface area contributed by atoms with Crippen LogP contribution in [0.1, 0.15) is 47.6 Å². The Morgan fingerprint density at radius 2 is 1.55 bits per heavy atom. The molecule has 3 aromatic rings. The van der Waals surface area contributed by atoms with Gasteiger partial charge in [-0.1, -0.05) is 66.7 Å². The number of nitrogens with zero attached hydrogens (tertiary/aromatic N) is 1. The molecule has 6 nitrogen and oxygen atoms in total. The minimum absolute atomic E-state index is 0.213. The molecule has 1 aromatic heterocycles. The molecule has 33 heavy (non-hydrogen) atoms. The van der Waals surface area contributed by atoms with Crippen molar-refractivity contribution >= 4 is 29.1 Å². The van der Waals surface area contributed by atoms with Crippen LogP contribution in [0.15, 0.2) is 78.2 Å². The van der Waals surface area contributed by atoms with Gasteiger partial charge in [0.1, 0.15) is 6.04 Å². The van der Waals surface area contributed by atoms with Gasteiger partial charge in [0.25, 0.3) is 5.91 Å². The lowest BCUT2D eigenvalue weighted by Gasteiger charge is -2.34. The van der Waals surface area contributed by atoms with E-state index in [0.717, 1.165) is 5.56 Å². The van der Waals surface area contributed by atoms with E-state index in [1.54, 1.807) is 17.5 Å². The van der Waals surface area contributed by atoms with Crippen molar-refractivity contribution < 1.29 is 14.4 Å². The number of amides is 3. The van der Waals surface area contributed by atoms with E-state index < -0.39 is 11.6 Å². The molecule has 0 spiro atoms. The smallest absolute Gasteiger partial charge is 0.261 e. The van der Waals surface area contributed by atoms with Crippen molar-refractivity contribution in [3.63, 3.8) is 0 Å². The number of hydrogen-bond acceptors (Lipinski definition) is 4. The molecule has 2 N–H and O–H groups in total. The Bertz CT molecular complexity index is 1060. The van der Waals surface area contributed by atoms with E-state index in [9.17, 15) is 14.4 Å². The van der Waals surface area contributed by atoms with Crippen LogP contribution < -0.4 is 10.6 Å².